The molecule has 0 aliphatic carbocycles. The second-order valence-corrected chi connectivity index (χ2v) is 35.8. The molecule has 0 saturated carbocycles. The molecule has 3 aromatic carbocycles. The zero-order valence-corrected chi connectivity index (χ0v) is 76.8. The maximum absolute atomic E-state index is 4.38. The first-order valence-electron chi connectivity index (χ1n) is 39.8. The topological polar surface area (TPSA) is 103 Å². The molecule has 16 heteroatoms. The van der Waals surface area contributed by atoms with E-state index in [0.29, 0.717) is 0 Å². The predicted molar refractivity (Wildman–Crippen MR) is 493 cm³/mol. The minimum absolute atomic E-state index is 0.175. The van der Waals surface area contributed by atoms with Gasteiger partial charge in [0.2, 0.25) is 23.2 Å². The Morgan fingerprint density at radius 3 is 1.33 bits per heavy atom. The van der Waals surface area contributed by atoms with Crippen LogP contribution in [0.4, 0.5) is 34.4 Å². The highest BCUT2D eigenvalue weighted by Crippen LogP contribution is 2.53. The molecule has 0 unspecified atom stereocenters. The van der Waals surface area contributed by atoms with Gasteiger partial charge in [-0.15, -0.1) is 0 Å². The van der Waals surface area contributed by atoms with Gasteiger partial charge in [-0.3, -0.25) is 0 Å². The van der Waals surface area contributed by atoms with Crippen LogP contribution >= 0.6 is 14.5 Å². The van der Waals surface area contributed by atoms with Crippen molar-refractivity contribution >= 4 is 73.4 Å². The van der Waals surface area contributed by atoms with Crippen molar-refractivity contribution in [2.45, 2.75) is 204 Å². The summed E-state index contributed by atoms with van der Waals surface area (Å²) in [6.45, 7) is 82.0. The number of amidine groups is 1. The third-order valence-electron chi connectivity index (χ3n) is 17.3. The standard InChI is InChI=1S/C19H20N2.C15H18N4.C15H28P2.2C14H18N4.8C2H6/c1-15-16(18-11-4-6-13-20(18)2)9-8-10-17(15)19-12-5-7-14-21(19)3;1-11-14(18-9-7-16-12(18)2)5-4-6-15(11)19-10-8-17-13(19)3;1-13-14(11-16(2,3)4)9-8-10-15(13)12-17(5,6)7;1-6-10(3)12(7-2)18-11(4)17(5)14-13(18)8-15-9-16-14;1-6-10(3)12(7-2)18-11(4)17(5)13-8-15-9-16-14(13)18;8*1-2/h4-14H,1-3H3;4-9,12H,10H2,1-3H3;8-10H,11-12H2,1-7H3;2*6-9,11H,1-2H2,3-5H3;8*1-2H3/q3*+2;;;;;;;;;;/b;;;2*12-10+;;;;;;;;/t;12-;;2*11-;;;;;;;;/m.1.00......../s1. The maximum Gasteiger partial charge on any atom is 0.295 e. The summed E-state index contributed by atoms with van der Waals surface area (Å²) in [4.78, 5) is 34.2. The van der Waals surface area contributed by atoms with Crippen LogP contribution in [0.15, 0.2) is 212 Å². The van der Waals surface area contributed by atoms with Crippen molar-refractivity contribution in [3.05, 3.63) is 229 Å². The summed E-state index contributed by atoms with van der Waals surface area (Å²) in [5.74, 6) is 2.90. The molecule has 4 aliphatic heterocycles. The molecule has 7 aromatic rings. The first-order chi connectivity index (χ1) is 52.2. The van der Waals surface area contributed by atoms with E-state index in [1.54, 1.807) is 29.3 Å². The summed E-state index contributed by atoms with van der Waals surface area (Å²) in [6, 6.07) is 32.4. The molecule has 0 radical (unpaired) electrons. The van der Waals surface area contributed by atoms with Crippen molar-refractivity contribution in [1.29, 1.82) is 0 Å². The van der Waals surface area contributed by atoms with Gasteiger partial charge in [-0.2, -0.15) is 4.58 Å². The molecule has 109 heavy (non-hydrogen) atoms. The van der Waals surface area contributed by atoms with Gasteiger partial charge >= 0.3 is 0 Å². The van der Waals surface area contributed by atoms with Gasteiger partial charge in [0.05, 0.1) is 36.5 Å². The van der Waals surface area contributed by atoms with E-state index in [1.807, 2.05) is 201 Å². The number of fused-ring (bicyclic) bond motifs is 2. The number of rotatable bonds is 14. The second kappa shape index (κ2) is 54.0. The average molecular weight is 1530 g/mol. The molecule has 0 spiro atoms. The Bertz CT molecular complexity index is 3870. The second-order valence-electron chi connectivity index (χ2n) is 26.0. The van der Waals surface area contributed by atoms with Gasteiger partial charge in [-0.1, -0.05) is 185 Å². The molecule has 14 nitrogen and oxygen atoms in total. The monoisotopic (exact) mass is 1530 g/mol. The van der Waals surface area contributed by atoms with Crippen molar-refractivity contribution in [3.8, 4) is 22.5 Å². The van der Waals surface area contributed by atoms with Gasteiger partial charge in [-0.25, -0.2) is 38.6 Å². The van der Waals surface area contributed by atoms with E-state index in [0.717, 1.165) is 57.9 Å². The Kier molecular flexibility index (Phi) is 50.7. The SMILES string of the molecule is C=C/C(C)=C(\C=C)N1c2cncnc2N(C)[C@@H]1C.C=C/C(C)=C(\C=C)N1c2ncncc2N(C)[C@@H]1C.CC.CC.CC.CC.CC.CC.CC.CC.CC1=[N+](c2cccc([N+]3=CC=N[C@H]3C)c2C)CC=N1.Cc1c(-c2cccc[n+]2C)cccc1-c1cccc[n+]1C.Cc1c(C[P+](C)(C)C)cccc1C[P+](C)(C)C. The van der Waals surface area contributed by atoms with Crippen LogP contribution in [0.25, 0.3) is 22.5 Å². The minimum Gasteiger partial charge on any atom is -0.350 e. The highest BCUT2D eigenvalue weighted by atomic mass is 31.2. The zero-order valence-electron chi connectivity index (χ0n) is 75.0. The Morgan fingerprint density at radius 2 is 0.917 bits per heavy atom. The van der Waals surface area contributed by atoms with Gasteiger partial charge in [0.1, 0.15) is 62.7 Å². The fourth-order valence-electron chi connectivity index (χ4n) is 11.9. The number of allylic oxidation sites excluding steroid dienone is 6. The summed E-state index contributed by atoms with van der Waals surface area (Å²) >= 11 is 0. The lowest BCUT2D eigenvalue weighted by Crippen LogP contribution is -2.38. The molecular weight excluding hydrogens is 1380 g/mol. The number of aromatic nitrogens is 6. The highest BCUT2D eigenvalue weighted by molar-refractivity contribution is 7.73. The molecule has 3 atom stereocenters. The lowest BCUT2D eigenvalue weighted by molar-refractivity contribution is -0.660. The molecule has 596 valence electrons. The molecule has 4 aromatic heterocycles. The molecule has 4 aliphatic rings. The summed E-state index contributed by atoms with van der Waals surface area (Å²) < 4.78 is 8.76. The van der Waals surface area contributed by atoms with Crippen LogP contribution in [0.3, 0.4) is 0 Å². The highest BCUT2D eigenvalue weighted by Gasteiger charge is 2.36. The molecule has 11 rings (SSSR count). The van der Waals surface area contributed by atoms with Crippen LogP contribution in [-0.2, 0) is 26.4 Å². The molecule has 0 fully saturated rings. The van der Waals surface area contributed by atoms with E-state index in [-0.39, 0.29) is 18.5 Å². The summed E-state index contributed by atoms with van der Waals surface area (Å²) in [7, 11) is 6.79. The predicted octanol–water partition coefficient (Wildman–Crippen LogP) is 23.7. The molecular formula is C93H150N14P2+6. The van der Waals surface area contributed by atoms with E-state index >= 15 is 0 Å². The molecule has 8 heterocycles. The first-order valence-corrected chi connectivity index (χ1v) is 46.4. The van der Waals surface area contributed by atoms with Crippen molar-refractivity contribution in [1.82, 2.24) is 19.9 Å². The normalized spacial score (nSPS) is 14.6. The lowest BCUT2D eigenvalue weighted by Gasteiger charge is -2.28. The van der Waals surface area contributed by atoms with Crippen molar-refractivity contribution in [2.24, 2.45) is 24.1 Å². The van der Waals surface area contributed by atoms with E-state index in [4.69, 9.17) is 0 Å². The number of benzene rings is 3. The van der Waals surface area contributed by atoms with Crippen molar-refractivity contribution < 1.29 is 18.3 Å². The smallest absolute Gasteiger partial charge is 0.295 e. The number of hydrogen-bond donors (Lipinski definition) is 0. The third-order valence-corrected chi connectivity index (χ3v) is 19.9. The van der Waals surface area contributed by atoms with Crippen LogP contribution < -0.4 is 28.7 Å². The van der Waals surface area contributed by atoms with E-state index < -0.39 is 14.5 Å². The van der Waals surface area contributed by atoms with Gasteiger partial charge in [0.25, 0.3) is 5.84 Å². The van der Waals surface area contributed by atoms with E-state index in [9.17, 15) is 0 Å². The Morgan fingerprint density at radius 1 is 0.495 bits per heavy atom. The number of aryl methyl sites for hydroxylation is 2. The van der Waals surface area contributed by atoms with Gasteiger partial charge in [-0.05, 0) is 124 Å². The Hall–Kier alpha value is -8.70. The third kappa shape index (κ3) is 29.2. The lowest BCUT2D eigenvalue weighted by atomic mass is 9.97. The fourth-order valence-corrected chi connectivity index (χ4v) is 14.6. The molecule has 0 N–H and O–H groups in total. The first kappa shape index (κ1) is 102. The molecule has 0 bridgehead atoms. The van der Waals surface area contributed by atoms with E-state index in [2.05, 4.69) is 293 Å². The Balaban J connectivity index is 0. The minimum atomic E-state index is -0.726. The number of nitrogens with zero attached hydrogens (tertiary/aromatic N) is 14. The van der Waals surface area contributed by atoms with Gasteiger partial charge in [0, 0.05) is 135 Å². The fraction of sp³-hybridized carbons (Fsp3) is 0.441. The molecule has 0 amide bonds. The summed E-state index contributed by atoms with van der Waals surface area (Å²) in [6.07, 6.45) is 27.3. The Labute approximate surface area is 667 Å². The van der Waals surface area contributed by atoms with Gasteiger partial charge in [0.15, 0.2) is 36.5 Å². The van der Waals surface area contributed by atoms with Crippen LogP contribution in [0.5, 0.6) is 0 Å². The number of hydrogen-bond acceptors (Lipinski definition) is 10. The number of pyridine rings is 2. The van der Waals surface area contributed by atoms with Crippen LogP contribution in [0.2, 0.25) is 0 Å². The average Bonchev–Trinajstić information content (AvgIpc) is 1.67. The molecule has 0 saturated heterocycles. The van der Waals surface area contributed by atoms with Crippen molar-refractivity contribution in [3.63, 3.8) is 0 Å². The van der Waals surface area contributed by atoms with Gasteiger partial charge < -0.3 is 19.6 Å². The van der Waals surface area contributed by atoms with Crippen LogP contribution in [0.1, 0.15) is 180 Å². The largest absolute Gasteiger partial charge is 0.350 e. The maximum atomic E-state index is 4.38. The number of aliphatic imine (C=N–C) groups is 2. The van der Waals surface area contributed by atoms with E-state index in [1.165, 1.54) is 57.3 Å². The summed E-state index contributed by atoms with van der Waals surface area (Å²) in [5.41, 5.74) is 21.0. The van der Waals surface area contributed by atoms with Crippen LogP contribution in [0, 0.1) is 20.8 Å². The zero-order chi connectivity index (χ0) is 84.1. The summed E-state index contributed by atoms with van der Waals surface area (Å²) in [5, 5.41) is 0. The van der Waals surface area contributed by atoms with Crippen molar-refractivity contribution in [2.75, 3.05) is 80.2 Å². The number of anilines is 4. The quantitative estimate of drug-likeness (QED) is 0.0603. The van der Waals surface area contributed by atoms with Crippen LogP contribution in [-0.4, -0.2) is 133 Å².